The van der Waals surface area contributed by atoms with Crippen molar-refractivity contribution >= 4 is 22.3 Å². The van der Waals surface area contributed by atoms with Gasteiger partial charge in [-0.1, -0.05) is 12.1 Å². The lowest BCUT2D eigenvalue weighted by molar-refractivity contribution is 0.0529. The summed E-state index contributed by atoms with van der Waals surface area (Å²) < 4.78 is 18.4. The number of aromatic nitrogens is 2. The molecule has 2 N–H and O–H groups in total. The summed E-state index contributed by atoms with van der Waals surface area (Å²) in [4.78, 5) is 21.2. The first kappa shape index (κ1) is 16.1. The number of nitrogens with zero attached hydrogens (tertiary/aromatic N) is 2. The van der Waals surface area contributed by atoms with E-state index in [2.05, 4.69) is 9.97 Å². The summed E-state index contributed by atoms with van der Waals surface area (Å²) in [7, 11) is 0. The van der Waals surface area contributed by atoms with Crippen LogP contribution in [-0.4, -0.2) is 22.5 Å². The average molecular weight is 343 g/mol. The van der Waals surface area contributed by atoms with E-state index in [1.807, 2.05) is 0 Å². The van der Waals surface area contributed by atoms with Crippen molar-refractivity contribution in [3.05, 3.63) is 54.2 Å². The Labute approximate surface area is 142 Å². The van der Waals surface area contributed by atoms with E-state index in [0.717, 1.165) is 0 Å². The monoisotopic (exact) mass is 343 g/mol. The number of benzene rings is 1. The van der Waals surface area contributed by atoms with E-state index >= 15 is 0 Å². The van der Waals surface area contributed by atoms with Gasteiger partial charge in [-0.15, -0.1) is 11.3 Å². The smallest absolute Gasteiger partial charge is 0.341 e. The van der Waals surface area contributed by atoms with Gasteiger partial charge in [0.15, 0.2) is 0 Å². The molecule has 24 heavy (non-hydrogen) atoms. The second-order valence-corrected chi connectivity index (χ2v) is 5.92. The number of ether oxygens (including phenoxy) is 1. The molecular formula is C17H14FN3O2S. The Bertz CT molecular complexity index is 864. The maximum atomic E-state index is 13.3. The van der Waals surface area contributed by atoms with Crippen LogP contribution < -0.4 is 5.73 Å². The molecule has 0 aliphatic rings. The fourth-order valence-electron chi connectivity index (χ4n) is 2.35. The van der Waals surface area contributed by atoms with Crippen LogP contribution in [0.1, 0.15) is 17.3 Å². The number of thiophene rings is 1. The molecule has 0 bridgehead atoms. The largest absolute Gasteiger partial charge is 0.462 e. The summed E-state index contributed by atoms with van der Waals surface area (Å²) in [5.41, 5.74) is 8.25. The minimum atomic E-state index is -0.508. The van der Waals surface area contributed by atoms with Crippen LogP contribution in [0.3, 0.4) is 0 Å². The second-order valence-electron chi connectivity index (χ2n) is 4.87. The van der Waals surface area contributed by atoms with Gasteiger partial charge in [-0.3, -0.25) is 0 Å². The number of hydrogen-bond acceptors (Lipinski definition) is 6. The van der Waals surface area contributed by atoms with Crippen molar-refractivity contribution in [2.75, 3.05) is 12.3 Å². The Balaban J connectivity index is 2.25. The molecule has 5 nitrogen and oxygen atoms in total. The zero-order valence-electron chi connectivity index (χ0n) is 12.8. The number of rotatable bonds is 4. The standard InChI is InChI=1S/C17H14FN3O2S/c1-2-23-17(22)14-13(10-3-5-11(18)6-4-10)15(24-16(14)19)12-7-8-20-9-21-12/h3-9H,2,19H2,1H3. The number of hydrogen-bond donors (Lipinski definition) is 1. The predicted molar refractivity (Wildman–Crippen MR) is 91.1 cm³/mol. The third-order valence-electron chi connectivity index (χ3n) is 3.36. The number of halogens is 1. The first-order chi connectivity index (χ1) is 11.6. The molecule has 0 saturated heterocycles. The van der Waals surface area contributed by atoms with Gasteiger partial charge in [-0.2, -0.15) is 0 Å². The Hall–Kier alpha value is -2.80. The van der Waals surface area contributed by atoms with Gasteiger partial charge in [0.25, 0.3) is 0 Å². The van der Waals surface area contributed by atoms with E-state index in [1.54, 1.807) is 31.3 Å². The van der Waals surface area contributed by atoms with Gasteiger partial charge in [0.2, 0.25) is 0 Å². The van der Waals surface area contributed by atoms with Crippen LogP contribution in [-0.2, 0) is 4.74 Å². The molecule has 0 saturated carbocycles. The quantitative estimate of drug-likeness (QED) is 0.730. The van der Waals surface area contributed by atoms with Crippen molar-refractivity contribution in [3.63, 3.8) is 0 Å². The maximum absolute atomic E-state index is 13.3. The third kappa shape index (κ3) is 2.98. The molecule has 7 heteroatoms. The molecule has 2 aromatic heterocycles. The first-order valence-corrected chi connectivity index (χ1v) is 8.05. The number of carbonyl (C=O) groups is 1. The minimum absolute atomic E-state index is 0.236. The molecule has 1 aromatic carbocycles. The molecule has 0 unspecified atom stereocenters. The lowest BCUT2D eigenvalue weighted by Gasteiger charge is -2.08. The Morgan fingerprint density at radius 1 is 1.29 bits per heavy atom. The van der Waals surface area contributed by atoms with E-state index in [0.29, 0.717) is 26.7 Å². The van der Waals surface area contributed by atoms with Crippen molar-refractivity contribution in [1.29, 1.82) is 0 Å². The zero-order chi connectivity index (χ0) is 17.1. The summed E-state index contributed by atoms with van der Waals surface area (Å²) in [6.45, 7) is 1.96. The number of nitrogen functional groups attached to an aromatic ring is 1. The van der Waals surface area contributed by atoms with Gasteiger partial charge in [-0.25, -0.2) is 19.2 Å². The summed E-state index contributed by atoms with van der Waals surface area (Å²) in [5.74, 6) is -0.867. The number of anilines is 1. The third-order valence-corrected chi connectivity index (χ3v) is 4.40. The van der Waals surface area contributed by atoms with Crippen LogP contribution in [0.2, 0.25) is 0 Å². The molecule has 0 aliphatic carbocycles. The molecule has 3 aromatic rings. The van der Waals surface area contributed by atoms with Gasteiger partial charge in [0.1, 0.15) is 22.7 Å². The van der Waals surface area contributed by atoms with Gasteiger partial charge >= 0.3 is 5.97 Å². The van der Waals surface area contributed by atoms with Gasteiger partial charge in [0.05, 0.1) is 17.2 Å². The van der Waals surface area contributed by atoms with Crippen molar-refractivity contribution in [3.8, 4) is 21.7 Å². The first-order valence-electron chi connectivity index (χ1n) is 7.23. The van der Waals surface area contributed by atoms with Crippen molar-refractivity contribution in [1.82, 2.24) is 9.97 Å². The topological polar surface area (TPSA) is 78.1 Å². The van der Waals surface area contributed by atoms with E-state index < -0.39 is 5.97 Å². The van der Waals surface area contributed by atoms with Crippen LogP contribution in [0.5, 0.6) is 0 Å². The van der Waals surface area contributed by atoms with Crippen LogP contribution in [0.4, 0.5) is 9.39 Å². The highest BCUT2D eigenvalue weighted by atomic mass is 32.1. The fraction of sp³-hybridized carbons (Fsp3) is 0.118. The highest BCUT2D eigenvalue weighted by Gasteiger charge is 2.25. The van der Waals surface area contributed by atoms with E-state index in [9.17, 15) is 9.18 Å². The molecule has 2 heterocycles. The minimum Gasteiger partial charge on any atom is -0.462 e. The maximum Gasteiger partial charge on any atom is 0.341 e. The highest BCUT2D eigenvalue weighted by Crippen LogP contribution is 2.44. The molecule has 0 atom stereocenters. The molecule has 0 amide bonds. The number of nitrogens with two attached hydrogens (primary N) is 1. The van der Waals surface area contributed by atoms with Crippen LogP contribution >= 0.6 is 11.3 Å². The predicted octanol–water partition coefficient (Wildman–Crippen LogP) is 3.77. The molecular weight excluding hydrogens is 329 g/mol. The van der Waals surface area contributed by atoms with E-state index in [4.69, 9.17) is 10.5 Å². The van der Waals surface area contributed by atoms with Crippen molar-refractivity contribution < 1.29 is 13.9 Å². The molecule has 0 fully saturated rings. The Kier molecular flexibility index (Phi) is 4.52. The average Bonchev–Trinajstić information content (AvgIpc) is 2.94. The normalized spacial score (nSPS) is 10.6. The molecule has 0 radical (unpaired) electrons. The van der Waals surface area contributed by atoms with Gasteiger partial charge in [0, 0.05) is 11.8 Å². The second kappa shape index (κ2) is 6.76. The van der Waals surface area contributed by atoms with Crippen molar-refractivity contribution in [2.24, 2.45) is 0 Å². The number of carbonyl (C=O) groups excluding carboxylic acids is 1. The van der Waals surface area contributed by atoms with E-state index in [-0.39, 0.29) is 18.0 Å². The Morgan fingerprint density at radius 2 is 2.04 bits per heavy atom. The molecule has 0 aliphatic heterocycles. The van der Waals surface area contributed by atoms with Gasteiger partial charge in [-0.05, 0) is 30.7 Å². The number of esters is 1. The van der Waals surface area contributed by atoms with Crippen LogP contribution in [0.25, 0.3) is 21.7 Å². The summed E-state index contributed by atoms with van der Waals surface area (Å²) in [6, 6.07) is 7.60. The lowest BCUT2D eigenvalue weighted by atomic mass is 10.00. The van der Waals surface area contributed by atoms with Crippen LogP contribution in [0.15, 0.2) is 42.9 Å². The van der Waals surface area contributed by atoms with E-state index in [1.165, 1.54) is 29.8 Å². The van der Waals surface area contributed by atoms with Gasteiger partial charge < -0.3 is 10.5 Å². The summed E-state index contributed by atoms with van der Waals surface area (Å²) >= 11 is 1.24. The zero-order valence-corrected chi connectivity index (χ0v) is 13.6. The SMILES string of the molecule is CCOC(=O)c1c(N)sc(-c2ccncn2)c1-c1ccc(F)cc1. The van der Waals surface area contributed by atoms with Crippen LogP contribution in [0, 0.1) is 5.82 Å². The summed E-state index contributed by atoms with van der Waals surface area (Å²) in [6.07, 6.45) is 3.03. The van der Waals surface area contributed by atoms with Crippen molar-refractivity contribution in [2.45, 2.75) is 6.92 Å². The lowest BCUT2D eigenvalue weighted by Crippen LogP contribution is -2.07. The molecule has 0 spiro atoms. The Morgan fingerprint density at radius 3 is 2.67 bits per heavy atom. The fourth-order valence-corrected chi connectivity index (χ4v) is 3.41. The highest BCUT2D eigenvalue weighted by molar-refractivity contribution is 7.20. The molecule has 122 valence electrons. The summed E-state index contributed by atoms with van der Waals surface area (Å²) in [5, 5.41) is 0.335. The molecule has 3 rings (SSSR count).